The summed E-state index contributed by atoms with van der Waals surface area (Å²) in [7, 11) is 0. The van der Waals surface area contributed by atoms with Gasteiger partial charge < -0.3 is 19.3 Å². The minimum Gasteiger partial charge on any atom is -0.477 e. The average molecular weight is 499 g/mol. The van der Waals surface area contributed by atoms with Gasteiger partial charge in [0, 0.05) is 18.2 Å². The van der Waals surface area contributed by atoms with Gasteiger partial charge in [0.15, 0.2) is 0 Å². The molecule has 0 aliphatic heterocycles. The zero-order chi connectivity index (χ0) is 26.9. The number of hydrogen-bond acceptors (Lipinski definition) is 7. The monoisotopic (exact) mass is 498 g/mol. The van der Waals surface area contributed by atoms with Gasteiger partial charge in [-0.15, -0.1) is 0 Å². The molecule has 0 aromatic heterocycles. The van der Waals surface area contributed by atoms with Crippen LogP contribution in [0.4, 0.5) is 15.3 Å². The van der Waals surface area contributed by atoms with Crippen molar-refractivity contribution in [1.29, 1.82) is 0 Å². The molecular weight excluding hydrogens is 468 g/mol. The molecule has 2 amide bonds. The van der Waals surface area contributed by atoms with Crippen molar-refractivity contribution in [3.63, 3.8) is 0 Å². The van der Waals surface area contributed by atoms with E-state index in [1.807, 2.05) is 6.07 Å². The highest BCUT2D eigenvalue weighted by Crippen LogP contribution is 2.26. The van der Waals surface area contributed by atoms with Gasteiger partial charge in [-0.25, -0.2) is 14.4 Å². The largest absolute Gasteiger partial charge is 0.477 e. The number of carbonyl (C=O) groups excluding carboxylic acids is 3. The van der Waals surface area contributed by atoms with Crippen LogP contribution >= 0.6 is 0 Å². The number of benzene rings is 2. The first kappa shape index (κ1) is 27.9. The second-order valence-corrected chi connectivity index (χ2v) is 8.76. The van der Waals surface area contributed by atoms with E-state index in [0.29, 0.717) is 22.4 Å². The molecule has 2 aromatic carbocycles. The summed E-state index contributed by atoms with van der Waals surface area (Å²) in [6.07, 6.45) is -0.412. The first-order chi connectivity index (χ1) is 16.9. The predicted molar refractivity (Wildman–Crippen MR) is 132 cm³/mol. The van der Waals surface area contributed by atoms with Gasteiger partial charge in [0.1, 0.15) is 24.5 Å². The molecule has 0 saturated heterocycles. The van der Waals surface area contributed by atoms with E-state index in [4.69, 9.17) is 14.2 Å². The van der Waals surface area contributed by atoms with Crippen LogP contribution in [0.2, 0.25) is 0 Å². The molecule has 0 spiro atoms. The van der Waals surface area contributed by atoms with Crippen LogP contribution in [0.5, 0.6) is 0 Å². The number of carboxylic acids is 1. The van der Waals surface area contributed by atoms with Crippen LogP contribution < -0.4 is 10.6 Å². The van der Waals surface area contributed by atoms with Crippen LogP contribution in [-0.4, -0.2) is 34.8 Å². The lowest BCUT2D eigenvalue weighted by Gasteiger charge is -2.21. The molecule has 3 N–H and O–H groups in total. The highest BCUT2D eigenvalue weighted by Gasteiger charge is 2.20. The van der Waals surface area contributed by atoms with E-state index in [1.54, 1.807) is 58.0 Å². The third-order valence-corrected chi connectivity index (χ3v) is 4.67. The van der Waals surface area contributed by atoms with Crippen LogP contribution in [0.3, 0.4) is 0 Å². The number of carboxylic acid groups (broad SMARTS) is 1. The zero-order valence-corrected chi connectivity index (χ0v) is 20.8. The number of aliphatic carboxylic acids is 1. The molecule has 0 bridgehead atoms. The first-order valence-electron chi connectivity index (χ1n) is 11.0. The van der Waals surface area contributed by atoms with Crippen molar-refractivity contribution < 1.29 is 38.5 Å². The van der Waals surface area contributed by atoms with Crippen LogP contribution in [0, 0.1) is 6.92 Å². The second kappa shape index (κ2) is 12.4. The molecule has 0 saturated carbocycles. The topological polar surface area (TPSA) is 140 Å². The Labute approximate surface area is 209 Å². The van der Waals surface area contributed by atoms with Crippen molar-refractivity contribution in [3.8, 4) is 0 Å². The molecule has 0 aliphatic rings. The minimum absolute atomic E-state index is 0.0403. The number of rotatable bonds is 8. The van der Waals surface area contributed by atoms with Crippen molar-refractivity contribution >= 4 is 35.9 Å². The van der Waals surface area contributed by atoms with Gasteiger partial charge in [0.2, 0.25) is 0 Å². The summed E-state index contributed by atoms with van der Waals surface area (Å²) < 4.78 is 15.5. The van der Waals surface area contributed by atoms with Gasteiger partial charge in [-0.2, -0.15) is 0 Å². The summed E-state index contributed by atoms with van der Waals surface area (Å²) in [5, 5.41) is 14.5. The van der Waals surface area contributed by atoms with Gasteiger partial charge in [-0.1, -0.05) is 36.4 Å². The normalized spacial score (nSPS) is 11.3. The Bertz CT molecular complexity index is 1150. The van der Waals surface area contributed by atoms with Crippen molar-refractivity contribution in [1.82, 2.24) is 5.32 Å². The summed E-state index contributed by atoms with van der Waals surface area (Å²) in [4.78, 5) is 47.7. The fourth-order valence-corrected chi connectivity index (χ4v) is 3.00. The predicted octanol–water partition coefficient (Wildman–Crippen LogP) is 4.76. The molecular formula is C26H30N2O8. The maximum atomic E-state index is 12.2. The fraction of sp³-hybridized carbons (Fsp3) is 0.308. The number of amides is 2. The van der Waals surface area contributed by atoms with Crippen LogP contribution in [0.1, 0.15) is 49.9 Å². The first-order valence-corrected chi connectivity index (χ1v) is 11.0. The molecule has 0 unspecified atom stereocenters. The van der Waals surface area contributed by atoms with Gasteiger partial charge in [-0.3, -0.25) is 15.4 Å². The molecule has 192 valence electrons. The molecule has 2 aromatic rings. The quantitative estimate of drug-likeness (QED) is 0.269. The average Bonchev–Trinajstić information content (AvgIpc) is 2.78. The minimum atomic E-state index is -1.40. The number of hydrogen-bond donors (Lipinski definition) is 3. The molecule has 0 aliphatic carbocycles. The number of nitrogens with one attached hydrogen (secondary N) is 2. The molecule has 10 nitrogen and oxygen atoms in total. The van der Waals surface area contributed by atoms with E-state index in [9.17, 15) is 24.3 Å². The Morgan fingerprint density at radius 1 is 0.944 bits per heavy atom. The SMILES string of the molecule is CC(=O)OCc1c(C=C(NC(=O)OCc2ccccc2)C(=O)O)ccc(NC(=O)OC(C)(C)C)c1C. The highest BCUT2D eigenvalue weighted by atomic mass is 16.6. The van der Waals surface area contributed by atoms with Crippen molar-refractivity contribution in [3.05, 3.63) is 70.4 Å². The fourth-order valence-electron chi connectivity index (χ4n) is 3.00. The summed E-state index contributed by atoms with van der Waals surface area (Å²) in [6.45, 7) is 7.86. The number of ether oxygens (including phenoxy) is 3. The third-order valence-electron chi connectivity index (χ3n) is 4.67. The van der Waals surface area contributed by atoms with Crippen LogP contribution in [0.15, 0.2) is 48.2 Å². The van der Waals surface area contributed by atoms with E-state index in [-0.39, 0.29) is 13.2 Å². The maximum absolute atomic E-state index is 12.2. The highest BCUT2D eigenvalue weighted by molar-refractivity contribution is 5.96. The summed E-state index contributed by atoms with van der Waals surface area (Å²) in [5.74, 6) is -1.95. The summed E-state index contributed by atoms with van der Waals surface area (Å²) in [6, 6.07) is 12.0. The van der Waals surface area contributed by atoms with Gasteiger partial charge >= 0.3 is 24.1 Å². The Hall–Kier alpha value is -4.34. The smallest absolute Gasteiger partial charge is 0.412 e. The molecule has 36 heavy (non-hydrogen) atoms. The lowest BCUT2D eigenvalue weighted by atomic mass is 9.99. The molecule has 0 atom stereocenters. The molecule has 2 rings (SSSR count). The number of anilines is 1. The number of alkyl carbamates (subject to hydrolysis) is 1. The standard InChI is InChI=1S/C26H30N2O8/c1-16-20(15-34-17(2)29)19(11-12-21(16)27-25(33)36-26(3,4)5)13-22(23(30)31)28-24(32)35-14-18-9-7-6-8-10-18/h6-13H,14-15H2,1-5H3,(H,27,33)(H,28,32)(H,30,31). The van der Waals surface area contributed by atoms with Crippen molar-refractivity contribution in [2.24, 2.45) is 0 Å². The van der Waals surface area contributed by atoms with Gasteiger partial charge in [-0.05, 0) is 56.5 Å². The Balaban J connectivity index is 2.31. The Morgan fingerprint density at radius 2 is 1.61 bits per heavy atom. The Kier molecular flexibility index (Phi) is 9.60. The summed E-state index contributed by atoms with van der Waals surface area (Å²) in [5.41, 5.74) is 1.26. The van der Waals surface area contributed by atoms with Crippen LogP contribution in [0.25, 0.3) is 6.08 Å². The van der Waals surface area contributed by atoms with E-state index in [2.05, 4.69) is 10.6 Å². The molecule has 0 radical (unpaired) electrons. The van der Waals surface area contributed by atoms with Crippen LogP contribution in [-0.2, 0) is 37.0 Å². The lowest BCUT2D eigenvalue weighted by molar-refractivity contribution is -0.142. The number of carbonyl (C=O) groups is 4. The van der Waals surface area contributed by atoms with Gasteiger partial charge in [0.05, 0.1) is 0 Å². The van der Waals surface area contributed by atoms with Crippen molar-refractivity contribution in [2.75, 3.05) is 5.32 Å². The van der Waals surface area contributed by atoms with E-state index in [0.717, 1.165) is 5.56 Å². The second-order valence-electron chi connectivity index (χ2n) is 8.76. The molecule has 0 fully saturated rings. The third kappa shape index (κ3) is 9.13. The van der Waals surface area contributed by atoms with Crippen molar-refractivity contribution in [2.45, 2.75) is 53.4 Å². The Morgan fingerprint density at radius 3 is 2.19 bits per heavy atom. The zero-order valence-electron chi connectivity index (χ0n) is 20.8. The number of esters is 1. The van der Waals surface area contributed by atoms with E-state index in [1.165, 1.54) is 19.1 Å². The maximum Gasteiger partial charge on any atom is 0.412 e. The molecule has 0 heterocycles. The van der Waals surface area contributed by atoms with E-state index >= 15 is 0 Å². The molecule has 10 heteroatoms. The van der Waals surface area contributed by atoms with E-state index < -0.39 is 35.4 Å². The van der Waals surface area contributed by atoms with Gasteiger partial charge in [0.25, 0.3) is 0 Å². The lowest BCUT2D eigenvalue weighted by Crippen LogP contribution is -2.28. The summed E-state index contributed by atoms with van der Waals surface area (Å²) >= 11 is 0.